The van der Waals surface area contributed by atoms with Crippen molar-refractivity contribution < 1.29 is 56.2 Å². The Kier molecular flexibility index (Phi) is 23.9. The number of aryl methyl sites for hydroxylation is 2. The van der Waals surface area contributed by atoms with Crippen LogP contribution in [0.3, 0.4) is 0 Å². The van der Waals surface area contributed by atoms with Crippen LogP contribution < -0.4 is 19.7 Å². The largest absolute Gasteiger partial charge is 2.00 e. The zero-order valence-electron chi connectivity index (χ0n) is 49.0. The summed E-state index contributed by atoms with van der Waals surface area (Å²) in [6, 6.07) is 14.6. The maximum atomic E-state index is 13.3. The van der Waals surface area contributed by atoms with Crippen molar-refractivity contribution in [2.75, 3.05) is 45.3 Å². The fourth-order valence-electron chi connectivity index (χ4n) is 10.0. The second-order valence-electron chi connectivity index (χ2n) is 20.9. The van der Waals surface area contributed by atoms with E-state index in [-0.39, 0.29) is 69.2 Å². The molecule has 8 aromatic heterocycles. The second kappa shape index (κ2) is 30.1. The van der Waals surface area contributed by atoms with Gasteiger partial charge in [-0.25, -0.2) is 59.2 Å². The van der Waals surface area contributed by atoms with E-state index in [1.165, 1.54) is 41.3 Å². The van der Waals surface area contributed by atoms with Crippen LogP contribution in [-0.2, 0) is 59.0 Å². The first-order valence-corrected chi connectivity index (χ1v) is 28.7. The quantitative estimate of drug-likeness (QED) is 0.0575. The van der Waals surface area contributed by atoms with Crippen LogP contribution in [0, 0.1) is 14.9 Å². The molecule has 1 N–H and O–H groups in total. The third-order valence-corrected chi connectivity index (χ3v) is 15.7. The zero-order chi connectivity index (χ0) is 59.1. The molecule has 0 radical (unpaired) electrons. The molecule has 2 aromatic carbocycles. The van der Waals surface area contributed by atoms with E-state index >= 15 is 0 Å². The summed E-state index contributed by atoms with van der Waals surface area (Å²) >= 11 is 3.50. The van der Waals surface area contributed by atoms with Crippen LogP contribution in [0.1, 0.15) is 120 Å². The molecule has 2 saturated heterocycles. The fraction of sp³-hybridized carbons (Fsp3) is 0.397. The van der Waals surface area contributed by atoms with Gasteiger partial charge in [0.1, 0.15) is 40.0 Å². The summed E-state index contributed by atoms with van der Waals surface area (Å²) in [5.41, 5.74) is 5.65. The molecule has 0 amide bonds. The van der Waals surface area contributed by atoms with Crippen molar-refractivity contribution in [3.8, 4) is 57.3 Å². The summed E-state index contributed by atoms with van der Waals surface area (Å²) in [5, 5.41) is 14.2. The number of imidazole rings is 2. The number of nitrogens with one attached hydrogen (secondary N) is 1. The molecule has 2 saturated carbocycles. The number of halogens is 7. The third-order valence-electron chi connectivity index (χ3n) is 15.1. The van der Waals surface area contributed by atoms with Crippen LogP contribution in [0.15, 0.2) is 90.6 Å². The van der Waals surface area contributed by atoms with Crippen molar-refractivity contribution in [1.29, 1.82) is 0 Å². The molecule has 2 aliphatic heterocycles. The van der Waals surface area contributed by atoms with Gasteiger partial charge in [0.15, 0.2) is 40.1 Å². The Balaban J connectivity index is 0.000000257. The number of alkyl halides is 6. The third kappa shape index (κ3) is 15.3. The number of hydrogen-bond acceptors (Lipinski definition) is 16. The molecule has 28 heteroatoms. The number of ether oxygens (including phenoxy) is 2. The summed E-state index contributed by atoms with van der Waals surface area (Å²) in [4.78, 5) is 46.6. The Labute approximate surface area is 547 Å². The number of methoxy groups -OCH3 is 2. The Bertz CT molecular complexity index is 4040. The smallest absolute Gasteiger partial charge is 0.480 e. The van der Waals surface area contributed by atoms with Gasteiger partial charge in [0, 0.05) is 73.9 Å². The molecule has 14 rings (SSSR count). The zero-order valence-corrected chi connectivity index (χ0v) is 52.2. The Morgan fingerprint density at radius 2 is 0.978 bits per heavy atom. The van der Waals surface area contributed by atoms with E-state index < -0.39 is 23.7 Å². The van der Waals surface area contributed by atoms with Gasteiger partial charge >= 0.3 is 32.8 Å². The van der Waals surface area contributed by atoms with Crippen molar-refractivity contribution in [2.24, 2.45) is 0 Å². The number of rotatable bonds is 15. The van der Waals surface area contributed by atoms with Gasteiger partial charge in [-0.05, 0) is 92.5 Å². The van der Waals surface area contributed by atoms with Crippen LogP contribution in [0.4, 0.5) is 32.2 Å². The summed E-state index contributed by atoms with van der Waals surface area (Å²) in [6.07, 6.45) is 6.31. The maximum Gasteiger partial charge on any atom is 2.00 e. The molecular formula is C63H75BrF6N18O2Pd. The Morgan fingerprint density at radius 1 is 0.571 bits per heavy atom. The summed E-state index contributed by atoms with van der Waals surface area (Å²) in [5.74, 6) is 3.87. The molecule has 0 spiro atoms. The van der Waals surface area contributed by atoms with Crippen LogP contribution in [0.2, 0.25) is 0 Å². The molecule has 4 aliphatic rings. The molecule has 10 aromatic rings. The van der Waals surface area contributed by atoms with E-state index in [2.05, 4.69) is 66.1 Å². The first-order valence-electron chi connectivity index (χ1n) is 27.9. The number of nitrogens with zero attached hydrogens (tertiary/aromatic N) is 17. The van der Waals surface area contributed by atoms with E-state index in [1.807, 2.05) is 35.1 Å². The van der Waals surface area contributed by atoms with Crippen molar-refractivity contribution >= 4 is 43.8 Å². The second-order valence-corrected chi connectivity index (χ2v) is 21.7. The van der Waals surface area contributed by atoms with E-state index in [0.717, 1.165) is 96.7 Å². The van der Waals surface area contributed by atoms with Gasteiger partial charge in [0.25, 0.3) is 0 Å². The van der Waals surface area contributed by atoms with E-state index in [4.69, 9.17) is 29.5 Å². The van der Waals surface area contributed by atoms with E-state index in [9.17, 15) is 26.3 Å². The average molecular weight is 1420 g/mol. The predicted molar refractivity (Wildman–Crippen MR) is 340 cm³/mol. The number of anilines is 1. The summed E-state index contributed by atoms with van der Waals surface area (Å²) in [7, 11) is 3.14. The number of aromatic nitrogens is 16. The van der Waals surface area contributed by atoms with Gasteiger partial charge in [-0.3, -0.25) is 0 Å². The minimum absolute atomic E-state index is 0. The molecule has 10 heterocycles. The van der Waals surface area contributed by atoms with Crippen LogP contribution in [0.5, 0.6) is 11.8 Å². The monoisotopic (exact) mass is 1410 g/mol. The normalized spacial score (nSPS) is 14.0. The van der Waals surface area contributed by atoms with Crippen LogP contribution in [0.25, 0.3) is 67.6 Å². The van der Waals surface area contributed by atoms with Crippen molar-refractivity contribution in [2.45, 2.75) is 125 Å². The molecule has 0 bridgehead atoms. The van der Waals surface area contributed by atoms with Crippen molar-refractivity contribution in [3.05, 3.63) is 139 Å². The van der Waals surface area contributed by atoms with E-state index in [0.29, 0.717) is 99.6 Å². The Morgan fingerprint density at radius 3 is 1.34 bits per heavy atom. The maximum absolute atomic E-state index is 13.3. The fourth-order valence-corrected chi connectivity index (χ4v) is 10.5. The first kappa shape index (κ1) is 72.3. The van der Waals surface area contributed by atoms with Gasteiger partial charge in [-0.1, -0.05) is 70.8 Å². The molecular weight excluding hydrogens is 1340 g/mol. The molecule has 488 valence electrons. The molecule has 4 fully saturated rings. The summed E-state index contributed by atoms with van der Waals surface area (Å²) < 4.78 is 97.8. The molecule has 20 nitrogen and oxygen atoms in total. The number of hydrogen-bond donors (Lipinski definition) is 1. The van der Waals surface area contributed by atoms with Crippen molar-refractivity contribution in [3.63, 3.8) is 0 Å². The van der Waals surface area contributed by atoms with E-state index in [1.54, 1.807) is 63.2 Å². The number of benzene rings is 2. The SMILES string of the molecule is C.C.C.C1CNC1.CCn1cc(C(F)(F)F)nc1-c1ccc(Cn2nc(Br)c3cnc(-c4c(OC)ncnc4C4CC4)nc32)cc1.CCn1cc(C(F)(F)F)nc1-c1ccc(Cn2nc(N3CCC3)c3cnc(-c4c(OC)ncnc4C4CC4)nc32)cc1.[CH3-].[CH3-].[Pd+2]. The van der Waals surface area contributed by atoms with Gasteiger partial charge in [-0.2, -0.15) is 36.5 Å². The topological polar surface area (TPSA) is 208 Å². The molecule has 0 atom stereocenters. The predicted octanol–water partition coefficient (Wildman–Crippen LogP) is 14.0. The molecule has 2 aliphatic carbocycles. The van der Waals surface area contributed by atoms with Crippen molar-refractivity contribution in [1.82, 2.24) is 83.9 Å². The van der Waals surface area contributed by atoms with Crippen LogP contribution >= 0.6 is 15.9 Å². The van der Waals surface area contributed by atoms with Gasteiger partial charge in [0.2, 0.25) is 11.8 Å². The van der Waals surface area contributed by atoms with Gasteiger partial charge in [-0.15, -0.1) is 0 Å². The standard InChI is InChI=1S/C29H28F3N9O.C26H22BrF3N8O.C3H7N.3CH4.2CH3.Pd/c1-3-39-15-21(29(30,31)32)36-25(39)19-7-5-17(6-8-19)14-41-26-20(27(38-41)40-11-4-12-40)13-33-24(37-26)22-23(18-9-10-18)34-16-35-28(22)42-2;1-3-37-12-18(26(28,29)30)34-23(37)16-6-4-14(5-7-16)11-38-24-17(21(27)36-38)10-31-22(35-24)19-20(15-8-9-15)32-13-33-25(19)39-2;1-2-4-3-1;;;;;;/h5-8,13,15-16,18H,3-4,9-12,14H2,1-2H3;4-7,10,12-13,15H,3,8-9,11H2,1-2H3;4H,1-3H2;3*1H4;2*1H3;/q;;;;;;2*-1;+2. The van der Waals surface area contributed by atoms with Gasteiger partial charge in [0.05, 0.1) is 49.5 Å². The number of fused-ring (bicyclic) bond motifs is 2. The minimum atomic E-state index is -4.50. The minimum Gasteiger partial charge on any atom is -0.480 e. The summed E-state index contributed by atoms with van der Waals surface area (Å²) in [6.45, 7) is 9.44. The Hall–Kier alpha value is -7.80. The first-order chi connectivity index (χ1) is 41.1. The molecule has 91 heavy (non-hydrogen) atoms. The molecule has 0 unspecified atom stereocenters. The average Bonchev–Trinajstić information content (AvgIpc) is 1.70. The van der Waals surface area contributed by atoms with Crippen LogP contribution in [-0.4, -0.2) is 119 Å². The van der Waals surface area contributed by atoms with Gasteiger partial charge < -0.3 is 43.7 Å².